The van der Waals surface area contributed by atoms with Crippen LogP contribution in [0.4, 0.5) is 4.79 Å². The van der Waals surface area contributed by atoms with Gasteiger partial charge in [-0.2, -0.15) is 0 Å². The predicted molar refractivity (Wildman–Crippen MR) is 99.6 cm³/mol. The highest BCUT2D eigenvalue weighted by atomic mass is 127. The van der Waals surface area contributed by atoms with E-state index in [2.05, 4.69) is 32.1 Å². The summed E-state index contributed by atoms with van der Waals surface area (Å²) in [5.74, 6) is 0.870. The number of nitrogens with zero attached hydrogens (tertiary/aromatic N) is 4. The Morgan fingerprint density at radius 3 is 2.67 bits per heavy atom. The highest BCUT2D eigenvalue weighted by Gasteiger charge is 2.29. The minimum absolute atomic E-state index is 0.290. The first-order valence-electron chi connectivity index (χ1n) is 7.91. The summed E-state index contributed by atoms with van der Waals surface area (Å²) >= 11 is 2.31. The van der Waals surface area contributed by atoms with Crippen LogP contribution in [0.5, 0.6) is 0 Å². The zero-order valence-electron chi connectivity index (χ0n) is 14.3. The van der Waals surface area contributed by atoms with E-state index in [1.165, 1.54) is 0 Å². The molecule has 0 aromatic carbocycles. The zero-order chi connectivity index (χ0) is 17.5. The van der Waals surface area contributed by atoms with Crippen molar-refractivity contribution in [3.8, 4) is 11.4 Å². The fraction of sp³-hybridized carbons (Fsp3) is 0.471. The molecule has 1 amide bonds. The summed E-state index contributed by atoms with van der Waals surface area (Å²) in [4.78, 5) is 23.3. The number of hydrogen-bond acceptors (Lipinski definition) is 4. The van der Waals surface area contributed by atoms with Gasteiger partial charge >= 0.3 is 6.09 Å². The molecule has 0 spiro atoms. The zero-order valence-corrected chi connectivity index (χ0v) is 16.5. The molecule has 7 heteroatoms. The molecule has 2 aromatic heterocycles. The Morgan fingerprint density at radius 2 is 2.00 bits per heavy atom. The van der Waals surface area contributed by atoms with Crippen LogP contribution in [0.1, 0.15) is 32.3 Å². The summed E-state index contributed by atoms with van der Waals surface area (Å²) in [6.45, 7) is 9.38. The molecule has 24 heavy (non-hydrogen) atoms. The average Bonchev–Trinajstić information content (AvgIpc) is 2.82. The Balaban J connectivity index is 1.86. The maximum atomic E-state index is 12.3. The molecule has 2 aromatic rings. The van der Waals surface area contributed by atoms with Gasteiger partial charge in [0.05, 0.1) is 12.2 Å². The molecule has 0 N–H and O–H groups in total. The molecule has 0 saturated heterocycles. The minimum Gasteiger partial charge on any atom is -0.444 e. The van der Waals surface area contributed by atoms with Crippen molar-refractivity contribution in [1.82, 2.24) is 19.4 Å². The van der Waals surface area contributed by atoms with Crippen molar-refractivity contribution >= 4 is 28.7 Å². The summed E-state index contributed by atoms with van der Waals surface area (Å²) < 4.78 is 8.68. The number of rotatable bonds is 1. The van der Waals surface area contributed by atoms with Gasteiger partial charge in [-0.3, -0.25) is 9.88 Å². The highest BCUT2D eigenvalue weighted by molar-refractivity contribution is 14.1. The van der Waals surface area contributed by atoms with Crippen LogP contribution < -0.4 is 0 Å². The van der Waals surface area contributed by atoms with Crippen molar-refractivity contribution in [3.63, 3.8) is 0 Å². The topological polar surface area (TPSA) is 60.2 Å². The van der Waals surface area contributed by atoms with Gasteiger partial charge in [-0.15, -0.1) is 0 Å². The third-order valence-electron chi connectivity index (χ3n) is 3.69. The van der Waals surface area contributed by atoms with Crippen LogP contribution in [0.3, 0.4) is 0 Å². The number of amides is 1. The Kier molecular flexibility index (Phi) is 4.54. The second-order valence-corrected chi connectivity index (χ2v) is 7.91. The molecule has 0 atom stereocenters. The van der Waals surface area contributed by atoms with Gasteiger partial charge in [0, 0.05) is 18.8 Å². The van der Waals surface area contributed by atoms with E-state index < -0.39 is 5.60 Å². The lowest BCUT2D eigenvalue weighted by atomic mass is 10.2. The monoisotopic (exact) mass is 440 g/mol. The molecule has 1 aliphatic rings. The molecule has 0 radical (unpaired) electrons. The summed E-state index contributed by atoms with van der Waals surface area (Å²) in [7, 11) is 0. The van der Waals surface area contributed by atoms with Crippen LogP contribution in [0.15, 0.2) is 18.2 Å². The third-order valence-corrected chi connectivity index (χ3v) is 4.79. The van der Waals surface area contributed by atoms with Gasteiger partial charge in [-0.25, -0.2) is 9.78 Å². The molecule has 3 rings (SSSR count). The quantitative estimate of drug-likeness (QED) is 0.636. The van der Waals surface area contributed by atoms with Crippen LogP contribution >= 0.6 is 22.6 Å². The Morgan fingerprint density at radius 1 is 1.25 bits per heavy atom. The van der Waals surface area contributed by atoms with E-state index >= 15 is 0 Å². The molecule has 6 nitrogen and oxygen atoms in total. The lowest BCUT2D eigenvalue weighted by Gasteiger charge is -2.30. The van der Waals surface area contributed by atoms with Gasteiger partial charge in [0.1, 0.15) is 20.8 Å². The Hall–Kier alpha value is -1.64. The van der Waals surface area contributed by atoms with Crippen LogP contribution in [0.25, 0.3) is 11.4 Å². The highest BCUT2D eigenvalue weighted by Crippen LogP contribution is 2.27. The number of ether oxygens (including phenoxy) is 1. The summed E-state index contributed by atoms with van der Waals surface area (Å²) in [5, 5.41) is 0. The molecule has 0 aliphatic carbocycles. The van der Waals surface area contributed by atoms with Crippen molar-refractivity contribution in [2.75, 3.05) is 6.54 Å². The number of pyridine rings is 1. The van der Waals surface area contributed by atoms with Gasteiger partial charge in [-0.1, -0.05) is 6.07 Å². The van der Waals surface area contributed by atoms with E-state index in [1.807, 2.05) is 45.9 Å². The predicted octanol–water partition coefficient (Wildman–Crippen LogP) is 3.61. The van der Waals surface area contributed by atoms with Gasteiger partial charge in [0.2, 0.25) is 0 Å². The van der Waals surface area contributed by atoms with Gasteiger partial charge in [0.25, 0.3) is 0 Å². The number of fused-ring (bicyclic) bond motifs is 1. The first kappa shape index (κ1) is 17.2. The van der Waals surface area contributed by atoms with E-state index in [0.717, 1.165) is 26.6 Å². The largest absolute Gasteiger partial charge is 0.444 e. The molecular formula is C17H21IN4O2. The van der Waals surface area contributed by atoms with Gasteiger partial charge in [0.15, 0.2) is 0 Å². The number of carbonyl (C=O) groups excluding carboxylic acids is 1. The van der Waals surface area contributed by atoms with Crippen LogP contribution in [-0.2, 0) is 17.8 Å². The molecule has 128 valence electrons. The number of aromatic nitrogens is 3. The second-order valence-electron chi connectivity index (χ2n) is 6.89. The molecule has 0 saturated carbocycles. The summed E-state index contributed by atoms with van der Waals surface area (Å²) in [5.41, 5.74) is 2.21. The van der Waals surface area contributed by atoms with E-state index in [1.54, 1.807) is 4.90 Å². The van der Waals surface area contributed by atoms with Crippen molar-refractivity contribution in [2.24, 2.45) is 0 Å². The first-order valence-corrected chi connectivity index (χ1v) is 8.99. The number of imidazole rings is 1. The summed E-state index contributed by atoms with van der Waals surface area (Å²) in [6, 6.07) is 5.92. The second kappa shape index (κ2) is 6.34. The SMILES string of the molecule is Cc1cccc(-c2nc3n(c2I)CCN(C(=O)OC(C)(C)C)C3)n1. The Bertz CT molecular complexity index is 779. The van der Waals surface area contributed by atoms with Crippen molar-refractivity contribution < 1.29 is 9.53 Å². The minimum atomic E-state index is -0.491. The number of hydrogen-bond donors (Lipinski definition) is 0. The van der Waals surface area contributed by atoms with Gasteiger partial charge < -0.3 is 9.30 Å². The molecule has 0 fully saturated rings. The number of halogens is 1. The van der Waals surface area contributed by atoms with Gasteiger partial charge in [-0.05, 0) is 62.4 Å². The molecule has 3 heterocycles. The van der Waals surface area contributed by atoms with Crippen LogP contribution in [0, 0.1) is 10.6 Å². The first-order chi connectivity index (χ1) is 11.2. The van der Waals surface area contributed by atoms with E-state index in [9.17, 15) is 4.79 Å². The van der Waals surface area contributed by atoms with Crippen LogP contribution in [0.2, 0.25) is 0 Å². The maximum Gasteiger partial charge on any atom is 0.410 e. The van der Waals surface area contributed by atoms with Crippen molar-refractivity contribution in [1.29, 1.82) is 0 Å². The molecule has 0 unspecified atom stereocenters. The average molecular weight is 440 g/mol. The molecule has 1 aliphatic heterocycles. The van der Waals surface area contributed by atoms with Crippen molar-refractivity contribution in [3.05, 3.63) is 33.4 Å². The lowest BCUT2D eigenvalue weighted by Crippen LogP contribution is -2.41. The molecular weight excluding hydrogens is 419 g/mol. The normalized spacial score (nSPS) is 14.5. The number of aryl methyl sites for hydroxylation is 1. The fourth-order valence-electron chi connectivity index (χ4n) is 2.62. The maximum absolute atomic E-state index is 12.3. The summed E-state index contributed by atoms with van der Waals surface area (Å²) in [6.07, 6.45) is -0.290. The van der Waals surface area contributed by atoms with Crippen molar-refractivity contribution in [2.45, 2.75) is 46.4 Å². The fourth-order valence-corrected chi connectivity index (χ4v) is 3.53. The lowest BCUT2D eigenvalue weighted by molar-refractivity contribution is 0.0194. The molecule has 0 bridgehead atoms. The number of carbonyl (C=O) groups is 1. The standard InChI is InChI=1S/C17H21IN4O2/c1-11-6-5-7-12(19-11)14-15(18)22-9-8-21(10-13(22)20-14)16(23)24-17(2,3)4/h5-7H,8-10H2,1-4H3. The Labute approximate surface area is 155 Å². The van der Waals surface area contributed by atoms with Crippen LogP contribution in [-0.4, -0.2) is 37.7 Å². The van der Waals surface area contributed by atoms with E-state index in [4.69, 9.17) is 9.72 Å². The van der Waals surface area contributed by atoms with E-state index in [-0.39, 0.29) is 6.09 Å². The third kappa shape index (κ3) is 3.55. The van der Waals surface area contributed by atoms with E-state index in [0.29, 0.717) is 19.6 Å². The smallest absolute Gasteiger partial charge is 0.410 e.